The maximum absolute atomic E-state index is 5.35. The summed E-state index contributed by atoms with van der Waals surface area (Å²) in [7, 11) is 0. The van der Waals surface area contributed by atoms with E-state index in [1.54, 1.807) is 0 Å². The fourth-order valence-electron chi connectivity index (χ4n) is 8.87. The summed E-state index contributed by atoms with van der Waals surface area (Å²) in [5, 5.41) is 8.39. The summed E-state index contributed by atoms with van der Waals surface area (Å²) >= 11 is 1.81. The summed E-state index contributed by atoms with van der Waals surface area (Å²) in [6.07, 6.45) is -0.324. The van der Waals surface area contributed by atoms with Crippen molar-refractivity contribution < 1.29 is 0 Å². The summed E-state index contributed by atoms with van der Waals surface area (Å²) in [6.45, 7) is 0. The lowest BCUT2D eigenvalue weighted by molar-refractivity contribution is 0.675. The molecule has 0 saturated heterocycles. The molecule has 6 nitrogen and oxygen atoms in total. The molecule has 12 rings (SSSR count). The van der Waals surface area contributed by atoms with Gasteiger partial charge in [-0.2, -0.15) is 0 Å². The Morgan fingerprint density at radius 1 is 0.385 bits per heavy atom. The number of aliphatic imine (C=N–C) groups is 2. The zero-order valence-electron chi connectivity index (χ0n) is 35.0. The van der Waals surface area contributed by atoms with E-state index in [1.807, 2.05) is 59.9 Å². The van der Waals surface area contributed by atoms with Crippen LogP contribution in [0.3, 0.4) is 0 Å². The van der Waals surface area contributed by atoms with Crippen molar-refractivity contribution >= 4 is 54.0 Å². The molecule has 1 unspecified atom stereocenters. The van der Waals surface area contributed by atoms with Crippen LogP contribution in [0.2, 0.25) is 0 Å². The first-order chi connectivity index (χ1) is 32.2. The summed E-state index contributed by atoms with van der Waals surface area (Å²) in [5.74, 6) is 3.37. The van der Waals surface area contributed by atoms with Gasteiger partial charge in [0.25, 0.3) is 0 Å². The van der Waals surface area contributed by atoms with Crippen LogP contribution in [0.5, 0.6) is 0 Å². The van der Waals surface area contributed by atoms with Gasteiger partial charge in [0.15, 0.2) is 23.3 Å². The first-order valence-electron chi connectivity index (χ1n) is 21.7. The molecule has 2 aromatic heterocycles. The second kappa shape index (κ2) is 16.4. The van der Waals surface area contributed by atoms with Crippen LogP contribution in [0.25, 0.3) is 87.4 Å². The molecule has 0 bridgehead atoms. The number of aromatic nitrogens is 3. The van der Waals surface area contributed by atoms with Crippen LogP contribution in [0, 0.1) is 0 Å². The second-order valence-corrected chi connectivity index (χ2v) is 17.1. The molecule has 3 heterocycles. The molecular formula is C58H38N6S. The van der Waals surface area contributed by atoms with Crippen LogP contribution < -0.4 is 5.32 Å². The van der Waals surface area contributed by atoms with Crippen LogP contribution in [-0.2, 0) is 0 Å². The zero-order valence-corrected chi connectivity index (χ0v) is 35.8. The largest absolute Gasteiger partial charge is 0.344 e. The van der Waals surface area contributed by atoms with Crippen molar-refractivity contribution in [1.29, 1.82) is 0 Å². The summed E-state index contributed by atoms with van der Waals surface area (Å²) in [4.78, 5) is 25.9. The van der Waals surface area contributed by atoms with Crippen LogP contribution in [0.1, 0.15) is 22.9 Å². The van der Waals surface area contributed by atoms with E-state index in [-0.39, 0.29) is 6.17 Å². The van der Waals surface area contributed by atoms with Gasteiger partial charge in [0.1, 0.15) is 12.0 Å². The van der Waals surface area contributed by atoms with Crippen LogP contribution in [0.15, 0.2) is 228 Å². The quantitative estimate of drug-likeness (QED) is 0.165. The molecule has 9 aromatic carbocycles. The summed E-state index contributed by atoms with van der Waals surface area (Å²) in [5.41, 5.74) is 10.3. The van der Waals surface area contributed by atoms with Gasteiger partial charge in [-0.3, -0.25) is 0 Å². The molecule has 1 aliphatic heterocycles. The number of hydrogen-bond donors (Lipinski definition) is 1. The number of benzene rings is 9. The third kappa shape index (κ3) is 7.14. The lowest BCUT2D eigenvalue weighted by Crippen LogP contribution is -2.33. The number of amidine groups is 2. The standard InChI is InChI=1S/C58H38N6S/c1-4-17-37(18-5-1)43-26-12-13-27-46(43)56-60-53(40-20-6-2-7-21-40)59-55(62-56)42-33-31-39(32-34-42)45-35-36-49(51-48-28-14-15-30-50(48)65-52(45)51)58-63-54(41-22-8-3-9-23-41)61-57(64-58)47-29-16-24-38-19-10-11-25-44(38)47/h1-36,54H,(H,61,63,64). The highest BCUT2D eigenvalue weighted by Gasteiger charge is 2.25. The van der Waals surface area contributed by atoms with Gasteiger partial charge in [-0.25, -0.2) is 24.9 Å². The Bertz CT molecular complexity index is 3610. The molecular weight excluding hydrogens is 813 g/mol. The van der Waals surface area contributed by atoms with E-state index < -0.39 is 0 Å². The van der Waals surface area contributed by atoms with E-state index in [9.17, 15) is 0 Å². The summed E-state index contributed by atoms with van der Waals surface area (Å²) < 4.78 is 2.41. The molecule has 7 heteroatoms. The van der Waals surface area contributed by atoms with Gasteiger partial charge in [0.2, 0.25) is 0 Å². The molecule has 0 fully saturated rings. The first kappa shape index (κ1) is 38.3. The van der Waals surface area contributed by atoms with E-state index in [0.717, 1.165) is 77.6 Å². The third-order valence-corrected chi connectivity index (χ3v) is 13.2. The summed E-state index contributed by atoms with van der Waals surface area (Å²) in [6, 6.07) is 75.8. The number of hydrogen-bond acceptors (Lipinski definition) is 7. The van der Waals surface area contributed by atoms with E-state index >= 15 is 0 Å². The Balaban J connectivity index is 0.974. The molecule has 0 spiro atoms. The van der Waals surface area contributed by atoms with Gasteiger partial charge in [0, 0.05) is 48.0 Å². The Morgan fingerprint density at radius 2 is 0.923 bits per heavy atom. The molecule has 1 N–H and O–H groups in total. The maximum atomic E-state index is 5.35. The monoisotopic (exact) mass is 850 g/mol. The highest BCUT2D eigenvalue weighted by atomic mass is 32.1. The number of rotatable bonds is 8. The Hall–Kier alpha value is -8.39. The minimum atomic E-state index is -0.324. The molecule has 306 valence electrons. The maximum Gasteiger partial charge on any atom is 0.164 e. The van der Waals surface area contributed by atoms with Crippen molar-refractivity contribution in [3.05, 3.63) is 235 Å². The minimum Gasteiger partial charge on any atom is -0.344 e. The van der Waals surface area contributed by atoms with E-state index in [2.05, 4.69) is 175 Å². The van der Waals surface area contributed by atoms with E-state index in [1.165, 1.54) is 14.8 Å². The smallest absolute Gasteiger partial charge is 0.164 e. The SMILES string of the molecule is c1ccc(-c2nc(-c3ccc(-c4ccc(C5=NC(c6cccc7ccccc67)=NC(c6ccccc6)N5)c5c4sc4ccccc45)cc3)nc(-c3ccccc3-c3ccccc3)n2)cc1. The molecule has 0 radical (unpaired) electrons. The topological polar surface area (TPSA) is 75.4 Å². The normalized spacial score (nSPS) is 13.7. The Morgan fingerprint density at radius 3 is 1.69 bits per heavy atom. The van der Waals surface area contributed by atoms with Gasteiger partial charge in [-0.1, -0.05) is 206 Å². The van der Waals surface area contributed by atoms with Crippen molar-refractivity contribution in [3.63, 3.8) is 0 Å². The third-order valence-electron chi connectivity index (χ3n) is 12.0. The van der Waals surface area contributed by atoms with Crippen molar-refractivity contribution in [2.24, 2.45) is 9.98 Å². The molecule has 65 heavy (non-hydrogen) atoms. The van der Waals surface area contributed by atoms with Crippen molar-refractivity contribution in [2.45, 2.75) is 6.17 Å². The first-order valence-corrected chi connectivity index (χ1v) is 22.5. The Kier molecular flexibility index (Phi) is 9.65. The van der Waals surface area contributed by atoms with Gasteiger partial charge in [0.05, 0.1) is 0 Å². The second-order valence-electron chi connectivity index (χ2n) is 16.0. The van der Waals surface area contributed by atoms with E-state index in [0.29, 0.717) is 23.3 Å². The van der Waals surface area contributed by atoms with Crippen LogP contribution in [0.4, 0.5) is 0 Å². The Labute approximate surface area is 380 Å². The van der Waals surface area contributed by atoms with Crippen molar-refractivity contribution in [1.82, 2.24) is 20.3 Å². The fraction of sp³-hybridized carbons (Fsp3) is 0.0172. The number of thiophene rings is 1. The van der Waals surface area contributed by atoms with Gasteiger partial charge >= 0.3 is 0 Å². The van der Waals surface area contributed by atoms with Gasteiger partial charge in [-0.05, 0) is 50.7 Å². The van der Waals surface area contributed by atoms with Crippen LogP contribution >= 0.6 is 11.3 Å². The van der Waals surface area contributed by atoms with Crippen molar-refractivity contribution in [2.75, 3.05) is 0 Å². The predicted octanol–water partition coefficient (Wildman–Crippen LogP) is 14.2. The number of nitrogens with one attached hydrogen (secondary N) is 1. The van der Waals surface area contributed by atoms with Gasteiger partial charge in [-0.15, -0.1) is 11.3 Å². The zero-order chi connectivity index (χ0) is 43.1. The molecule has 0 aliphatic carbocycles. The number of fused-ring (bicyclic) bond motifs is 4. The molecule has 1 aliphatic rings. The highest BCUT2D eigenvalue weighted by Crippen LogP contribution is 2.43. The lowest BCUT2D eigenvalue weighted by atomic mass is 9.96. The molecule has 0 saturated carbocycles. The fourth-order valence-corrected chi connectivity index (χ4v) is 10.1. The lowest BCUT2D eigenvalue weighted by Gasteiger charge is -2.24. The van der Waals surface area contributed by atoms with Crippen molar-refractivity contribution in [3.8, 4) is 56.4 Å². The molecule has 11 aromatic rings. The minimum absolute atomic E-state index is 0.324. The molecule has 1 atom stereocenters. The van der Waals surface area contributed by atoms with Crippen LogP contribution in [-0.4, -0.2) is 26.6 Å². The average molecular weight is 851 g/mol. The molecule has 0 amide bonds. The van der Waals surface area contributed by atoms with E-state index in [4.69, 9.17) is 24.9 Å². The highest BCUT2D eigenvalue weighted by molar-refractivity contribution is 7.26. The van der Waals surface area contributed by atoms with Gasteiger partial charge < -0.3 is 5.32 Å². The average Bonchev–Trinajstić information content (AvgIpc) is 3.79. The predicted molar refractivity (Wildman–Crippen MR) is 269 cm³/mol. The number of nitrogens with zero attached hydrogens (tertiary/aromatic N) is 5.